The molecule has 5 heterocycles. The van der Waals surface area contributed by atoms with Gasteiger partial charge in [-0.05, 0) is 36.2 Å². The Balaban J connectivity index is 1.51. The Morgan fingerprint density at radius 1 is 1.08 bits per heavy atom. The lowest BCUT2D eigenvalue weighted by molar-refractivity contribution is 0.689. The molecule has 7 heteroatoms. The van der Waals surface area contributed by atoms with Crippen molar-refractivity contribution in [1.82, 2.24) is 29.4 Å². The molecule has 4 aromatic rings. The Labute approximate surface area is 150 Å². The van der Waals surface area contributed by atoms with Gasteiger partial charge in [0, 0.05) is 62.6 Å². The molecule has 0 N–H and O–H groups in total. The van der Waals surface area contributed by atoms with Crippen molar-refractivity contribution in [2.75, 3.05) is 11.4 Å². The van der Waals surface area contributed by atoms with E-state index in [1.54, 1.807) is 6.20 Å². The third kappa shape index (κ3) is 2.44. The number of imidazole rings is 1. The van der Waals surface area contributed by atoms with Crippen molar-refractivity contribution in [3.63, 3.8) is 0 Å². The maximum Gasteiger partial charge on any atom is 0.153 e. The summed E-state index contributed by atoms with van der Waals surface area (Å²) in [6.45, 7) is 3.81. The highest BCUT2D eigenvalue weighted by molar-refractivity contribution is 5.60. The highest BCUT2D eigenvalue weighted by Gasteiger charge is 2.21. The van der Waals surface area contributed by atoms with Crippen molar-refractivity contribution in [3.05, 3.63) is 59.8 Å². The normalized spacial score (nSPS) is 14.0. The second-order valence-electron chi connectivity index (χ2n) is 6.76. The zero-order chi connectivity index (χ0) is 17.7. The predicted octanol–water partition coefficient (Wildman–Crippen LogP) is 2.40. The first-order chi connectivity index (χ1) is 12.7. The van der Waals surface area contributed by atoms with E-state index < -0.39 is 0 Å². The number of pyridine rings is 1. The Morgan fingerprint density at radius 3 is 2.85 bits per heavy atom. The molecule has 130 valence electrons. The van der Waals surface area contributed by atoms with Crippen LogP contribution in [0.3, 0.4) is 0 Å². The average molecular weight is 345 g/mol. The molecule has 0 saturated carbocycles. The van der Waals surface area contributed by atoms with Crippen LogP contribution in [0.1, 0.15) is 16.8 Å². The Bertz CT molecular complexity index is 1110. The molecule has 7 nitrogen and oxygen atoms in total. The molecule has 0 atom stereocenters. The van der Waals surface area contributed by atoms with Crippen LogP contribution in [0.2, 0.25) is 0 Å². The summed E-state index contributed by atoms with van der Waals surface area (Å²) in [7, 11) is 1.93. The van der Waals surface area contributed by atoms with Gasteiger partial charge in [0.15, 0.2) is 11.5 Å². The van der Waals surface area contributed by atoms with Gasteiger partial charge in [0.05, 0.1) is 5.69 Å². The van der Waals surface area contributed by atoms with Gasteiger partial charge in [-0.25, -0.2) is 9.50 Å². The van der Waals surface area contributed by atoms with Crippen molar-refractivity contribution in [2.45, 2.75) is 19.9 Å². The predicted molar refractivity (Wildman–Crippen MR) is 98.9 cm³/mol. The first-order valence-corrected chi connectivity index (χ1v) is 8.71. The van der Waals surface area contributed by atoms with E-state index in [0.717, 1.165) is 47.8 Å². The molecule has 0 bridgehead atoms. The Kier molecular flexibility index (Phi) is 3.28. The number of hydrogen-bond acceptors (Lipinski definition) is 5. The van der Waals surface area contributed by atoms with Gasteiger partial charge in [-0.3, -0.25) is 9.67 Å². The number of rotatable bonds is 2. The zero-order valence-corrected chi connectivity index (χ0v) is 14.8. The van der Waals surface area contributed by atoms with Gasteiger partial charge in [0.1, 0.15) is 0 Å². The van der Waals surface area contributed by atoms with Crippen LogP contribution in [0.5, 0.6) is 0 Å². The van der Waals surface area contributed by atoms with Gasteiger partial charge in [-0.15, -0.1) is 5.10 Å². The van der Waals surface area contributed by atoms with E-state index in [1.165, 1.54) is 11.3 Å². The molecule has 5 rings (SSSR count). The number of anilines is 1. The average Bonchev–Trinajstić information content (AvgIpc) is 3.28. The smallest absolute Gasteiger partial charge is 0.153 e. The molecule has 4 aromatic heterocycles. The summed E-state index contributed by atoms with van der Waals surface area (Å²) in [6, 6.07) is 6.31. The molecule has 0 aromatic carbocycles. The van der Waals surface area contributed by atoms with Crippen LogP contribution < -0.4 is 4.90 Å². The molecule has 0 radical (unpaired) electrons. The summed E-state index contributed by atoms with van der Waals surface area (Å²) < 4.78 is 3.65. The van der Waals surface area contributed by atoms with Gasteiger partial charge in [0.2, 0.25) is 0 Å². The molecule has 0 spiro atoms. The Morgan fingerprint density at radius 2 is 2.00 bits per heavy atom. The molecule has 0 aliphatic carbocycles. The quantitative estimate of drug-likeness (QED) is 0.558. The van der Waals surface area contributed by atoms with Crippen LogP contribution in [0.15, 0.2) is 43.0 Å². The van der Waals surface area contributed by atoms with Crippen LogP contribution in [0, 0.1) is 6.92 Å². The molecule has 0 saturated heterocycles. The van der Waals surface area contributed by atoms with Crippen molar-refractivity contribution in [2.24, 2.45) is 7.05 Å². The minimum atomic E-state index is 0.803. The molecule has 0 amide bonds. The molecule has 0 fully saturated rings. The van der Waals surface area contributed by atoms with Crippen LogP contribution in [-0.4, -0.2) is 35.9 Å². The zero-order valence-electron chi connectivity index (χ0n) is 14.8. The van der Waals surface area contributed by atoms with Crippen molar-refractivity contribution in [3.8, 4) is 11.3 Å². The lowest BCUT2D eigenvalue weighted by Crippen LogP contribution is -2.32. The van der Waals surface area contributed by atoms with E-state index in [1.807, 2.05) is 40.9 Å². The van der Waals surface area contributed by atoms with E-state index in [0.29, 0.717) is 0 Å². The van der Waals surface area contributed by atoms with Gasteiger partial charge in [-0.2, -0.15) is 5.10 Å². The van der Waals surface area contributed by atoms with Crippen molar-refractivity contribution < 1.29 is 0 Å². The van der Waals surface area contributed by atoms with E-state index in [-0.39, 0.29) is 0 Å². The molecule has 0 unspecified atom stereocenters. The second kappa shape index (κ2) is 5.66. The van der Waals surface area contributed by atoms with Gasteiger partial charge in [0.25, 0.3) is 0 Å². The number of hydrogen-bond donors (Lipinski definition) is 0. The van der Waals surface area contributed by atoms with Gasteiger partial charge < -0.3 is 4.90 Å². The first kappa shape index (κ1) is 15.1. The number of fused-ring (bicyclic) bond motifs is 2. The van der Waals surface area contributed by atoms with Crippen LogP contribution in [0.25, 0.3) is 16.9 Å². The van der Waals surface area contributed by atoms with E-state index in [2.05, 4.69) is 39.0 Å². The lowest BCUT2D eigenvalue weighted by Gasteiger charge is -2.30. The topological polar surface area (TPSA) is 64.1 Å². The minimum Gasteiger partial charge on any atom is -0.350 e. The van der Waals surface area contributed by atoms with E-state index in [9.17, 15) is 0 Å². The maximum absolute atomic E-state index is 4.76. The third-order valence-corrected chi connectivity index (χ3v) is 4.90. The summed E-state index contributed by atoms with van der Waals surface area (Å²) in [6.07, 6.45) is 8.46. The third-order valence-electron chi connectivity index (χ3n) is 4.90. The standard InChI is InChI=1S/C19H19N7/c1-13-9-18-20-5-8-26(18)23-19(13)25-7-4-16-15(12-25)10-14(11-21-16)17-3-6-24(2)22-17/h3,5-6,8-11H,4,7,12H2,1-2H3. The highest BCUT2D eigenvalue weighted by atomic mass is 15.3. The minimum absolute atomic E-state index is 0.803. The van der Waals surface area contributed by atoms with Gasteiger partial charge in [-0.1, -0.05) is 0 Å². The van der Waals surface area contributed by atoms with Crippen molar-refractivity contribution >= 4 is 11.5 Å². The highest BCUT2D eigenvalue weighted by Crippen LogP contribution is 2.27. The molecule has 26 heavy (non-hydrogen) atoms. The largest absolute Gasteiger partial charge is 0.350 e. The number of nitrogens with zero attached hydrogens (tertiary/aromatic N) is 7. The molecule has 1 aliphatic rings. The van der Waals surface area contributed by atoms with Gasteiger partial charge >= 0.3 is 0 Å². The molecular weight excluding hydrogens is 326 g/mol. The fourth-order valence-corrected chi connectivity index (χ4v) is 3.56. The molecule has 1 aliphatic heterocycles. The fraction of sp³-hybridized carbons (Fsp3) is 0.263. The second-order valence-corrected chi connectivity index (χ2v) is 6.76. The summed E-state index contributed by atoms with van der Waals surface area (Å²) in [5.74, 6) is 1.00. The summed E-state index contributed by atoms with van der Waals surface area (Å²) in [5.41, 5.74) is 6.44. The van der Waals surface area contributed by atoms with Crippen LogP contribution in [0.4, 0.5) is 5.82 Å². The molecular formula is C19H19N7. The summed E-state index contributed by atoms with van der Waals surface area (Å²) >= 11 is 0. The summed E-state index contributed by atoms with van der Waals surface area (Å²) in [4.78, 5) is 11.3. The number of aromatic nitrogens is 6. The van der Waals surface area contributed by atoms with E-state index in [4.69, 9.17) is 5.10 Å². The van der Waals surface area contributed by atoms with Crippen LogP contribution in [-0.2, 0) is 20.0 Å². The monoisotopic (exact) mass is 345 g/mol. The fourth-order valence-electron chi connectivity index (χ4n) is 3.56. The maximum atomic E-state index is 4.76. The lowest BCUT2D eigenvalue weighted by atomic mass is 10.0. The van der Waals surface area contributed by atoms with E-state index >= 15 is 0 Å². The Hall–Kier alpha value is -3.22. The first-order valence-electron chi connectivity index (χ1n) is 8.71. The summed E-state index contributed by atoms with van der Waals surface area (Å²) in [5, 5.41) is 9.25. The van der Waals surface area contributed by atoms with Crippen LogP contribution >= 0.6 is 0 Å². The van der Waals surface area contributed by atoms with Crippen molar-refractivity contribution in [1.29, 1.82) is 0 Å². The number of aryl methyl sites for hydroxylation is 2. The SMILES string of the molecule is Cc1cc2nccn2nc1N1CCc2ncc(-c3ccn(C)n3)cc2C1.